The Bertz CT molecular complexity index is 896. The molecule has 5 nitrogen and oxygen atoms in total. The third-order valence-corrected chi connectivity index (χ3v) is 4.42. The van der Waals surface area contributed by atoms with Crippen molar-refractivity contribution in [1.29, 1.82) is 0 Å². The molecular weight excluding hydrogens is 364 g/mol. The zero-order chi connectivity index (χ0) is 20.3. The second-order valence-corrected chi connectivity index (χ2v) is 6.54. The number of carbonyl (C=O) groups is 1. The molecule has 0 aromatic heterocycles. The number of anilines is 1. The molecule has 29 heavy (non-hydrogen) atoms. The second kappa shape index (κ2) is 10.8. The third-order valence-electron chi connectivity index (χ3n) is 4.42. The molecule has 2 N–H and O–H groups in total. The fourth-order valence-electron chi connectivity index (χ4n) is 2.85. The van der Waals surface area contributed by atoms with Crippen molar-refractivity contribution in [2.75, 3.05) is 25.5 Å². The number of hydrogen-bond acceptors (Lipinski definition) is 4. The summed E-state index contributed by atoms with van der Waals surface area (Å²) in [5, 5.41) is 6.24. The van der Waals surface area contributed by atoms with Crippen LogP contribution in [0.15, 0.2) is 78.9 Å². The first-order valence-electron chi connectivity index (χ1n) is 9.70. The number of para-hydroxylation sites is 3. The van der Waals surface area contributed by atoms with E-state index in [-0.39, 0.29) is 5.91 Å². The quantitative estimate of drug-likeness (QED) is 0.529. The highest BCUT2D eigenvalue weighted by atomic mass is 16.5. The van der Waals surface area contributed by atoms with Crippen LogP contribution in [0.5, 0.6) is 17.2 Å². The van der Waals surface area contributed by atoms with Crippen LogP contribution < -0.4 is 20.1 Å². The summed E-state index contributed by atoms with van der Waals surface area (Å²) in [7, 11) is 1.65. The van der Waals surface area contributed by atoms with Crippen molar-refractivity contribution in [2.24, 2.45) is 0 Å². The molecule has 0 radical (unpaired) electrons. The number of ether oxygens (including phenoxy) is 2. The summed E-state index contributed by atoms with van der Waals surface area (Å²) >= 11 is 0. The third kappa shape index (κ3) is 6.57. The van der Waals surface area contributed by atoms with Gasteiger partial charge < -0.3 is 20.1 Å². The number of nitrogens with one attached hydrogen (secondary N) is 2. The van der Waals surface area contributed by atoms with Gasteiger partial charge in [0.15, 0.2) is 5.75 Å². The van der Waals surface area contributed by atoms with E-state index in [4.69, 9.17) is 9.47 Å². The Kier molecular flexibility index (Phi) is 7.52. The highest BCUT2D eigenvalue weighted by Crippen LogP contribution is 2.28. The number of methoxy groups -OCH3 is 1. The molecule has 3 aromatic carbocycles. The lowest BCUT2D eigenvalue weighted by Gasteiger charge is -2.13. The van der Waals surface area contributed by atoms with Crippen LogP contribution >= 0.6 is 0 Å². The van der Waals surface area contributed by atoms with Gasteiger partial charge in [-0.05, 0) is 48.4 Å². The Balaban J connectivity index is 1.41. The highest BCUT2D eigenvalue weighted by molar-refractivity contribution is 5.76. The average Bonchev–Trinajstić information content (AvgIpc) is 2.76. The summed E-state index contributed by atoms with van der Waals surface area (Å²) in [5.41, 5.74) is 2.03. The van der Waals surface area contributed by atoms with E-state index in [1.165, 1.54) is 0 Å². The Morgan fingerprint density at radius 1 is 0.828 bits per heavy atom. The molecule has 3 rings (SSSR count). The summed E-state index contributed by atoms with van der Waals surface area (Å²) in [6.07, 6.45) is 1.18. The zero-order valence-corrected chi connectivity index (χ0v) is 16.6. The van der Waals surface area contributed by atoms with Gasteiger partial charge in [-0.1, -0.05) is 42.5 Å². The maximum atomic E-state index is 12.1. The second-order valence-electron chi connectivity index (χ2n) is 6.54. The standard InChI is InChI=1S/C24H26N2O3/c1-28-20-13-11-19(12-14-20)15-17-26-24(27)16-18-25-22-9-5-6-10-23(22)29-21-7-3-2-4-8-21/h2-14,25H,15-18H2,1H3,(H,26,27). The largest absolute Gasteiger partial charge is 0.497 e. The molecule has 0 saturated heterocycles. The SMILES string of the molecule is COc1ccc(CCNC(=O)CCNc2ccccc2Oc2ccccc2)cc1. The van der Waals surface area contributed by atoms with Gasteiger partial charge in [-0.15, -0.1) is 0 Å². The zero-order valence-electron chi connectivity index (χ0n) is 16.6. The molecule has 150 valence electrons. The molecule has 0 unspecified atom stereocenters. The number of benzene rings is 3. The van der Waals surface area contributed by atoms with E-state index in [0.29, 0.717) is 19.5 Å². The maximum absolute atomic E-state index is 12.1. The lowest BCUT2D eigenvalue weighted by Crippen LogP contribution is -2.27. The van der Waals surface area contributed by atoms with E-state index in [9.17, 15) is 4.79 Å². The Morgan fingerprint density at radius 2 is 1.55 bits per heavy atom. The minimum Gasteiger partial charge on any atom is -0.497 e. The number of carbonyl (C=O) groups excluding carboxylic acids is 1. The van der Waals surface area contributed by atoms with Gasteiger partial charge in [0.05, 0.1) is 12.8 Å². The van der Waals surface area contributed by atoms with Crippen LogP contribution in [0.4, 0.5) is 5.69 Å². The Morgan fingerprint density at radius 3 is 2.31 bits per heavy atom. The highest BCUT2D eigenvalue weighted by Gasteiger charge is 2.06. The van der Waals surface area contributed by atoms with Crippen molar-refractivity contribution in [3.05, 3.63) is 84.4 Å². The van der Waals surface area contributed by atoms with E-state index in [1.54, 1.807) is 7.11 Å². The molecule has 0 aliphatic heterocycles. The fourth-order valence-corrected chi connectivity index (χ4v) is 2.85. The molecule has 0 spiro atoms. The van der Waals surface area contributed by atoms with Crippen molar-refractivity contribution in [3.63, 3.8) is 0 Å². The molecule has 0 aliphatic rings. The minimum atomic E-state index is 0.0208. The van der Waals surface area contributed by atoms with Crippen LogP contribution in [0.2, 0.25) is 0 Å². The van der Waals surface area contributed by atoms with Crippen molar-refractivity contribution in [2.45, 2.75) is 12.8 Å². The van der Waals surface area contributed by atoms with Crippen molar-refractivity contribution in [3.8, 4) is 17.2 Å². The number of rotatable bonds is 10. The minimum absolute atomic E-state index is 0.0208. The first kappa shape index (κ1) is 20.3. The van der Waals surface area contributed by atoms with Crippen LogP contribution in [-0.2, 0) is 11.2 Å². The summed E-state index contributed by atoms with van der Waals surface area (Å²) in [6.45, 7) is 1.14. The summed E-state index contributed by atoms with van der Waals surface area (Å²) in [6, 6.07) is 25.2. The summed E-state index contributed by atoms with van der Waals surface area (Å²) < 4.78 is 11.1. The molecule has 0 bridgehead atoms. The first-order valence-corrected chi connectivity index (χ1v) is 9.70. The molecular formula is C24H26N2O3. The van der Waals surface area contributed by atoms with Crippen LogP contribution in [0.25, 0.3) is 0 Å². The monoisotopic (exact) mass is 390 g/mol. The molecule has 3 aromatic rings. The van der Waals surface area contributed by atoms with Gasteiger partial charge in [0.2, 0.25) is 5.91 Å². The first-order chi connectivity index (χ1) is 14.2. The van der Waals surface area contributed by atoms with Crippen molar-refractivity contribution >= 4 is 11.6 Å². The molecule has 1 amide bonds. The van der Waals surface area contributed by atoms with Crippen molar-refractivity contribution < 1.29 is 14.3 Å². The number of hydrogen-bond donors (Lipinski definition) is 2. The maximum Gasteiger partial charge on any atom is 0.221 e. The van der Waals surface area contributed by atoms with Gasteiger partial charge in [0.25, 0.3) is 0 Å². The van der Waals surface area contributed by atoms with E-state index in [1.807, 2.05) is 78.9 Å². The van der Waals surface area contributed by atoms with E-state index < -0.39 is 0 Å². The smallest absolute Gasteiger partial charge is 0.221 e. The number of amides is 1. The van der Waals surface area contributed by atoms with Crippen LogP contribution in [0.1, 0.15) is 12.0 Å². The molecule has 0 saturated carbocycles. The fraction of sp³-hybridized carbons (Fsp3) is 0.208. The molecule has 0 aliphatic carbocycles. The Labute approximate surface area is 171 Å². The van der Waals surface area contributed by atoms with E-state index >= 15 is 0 Å². The predicted octanol–water partition coefficient (Wildman–Crippen LogP) is 4.65. The van der Waals surface area contributed by atoms with Gasteiger partial charge in [-0.2, -0.15) is 0 Å². The van der Waals surface area contributed by atoms with Crippen LogP contribution in [0.3, 0.4) is 0 Å². The summed E-state index contributed by atoms with van der Waals surface area (Å²) in [5.74, 6) is 2.37. The van der Waals surface area contributed by atoms with Gasteiger partial charge in [-0.25, -0.2) is 0 Å². The van der Waals surface area contributed by atoms with E-state index in [0.717, 1.165) is 34.9 Å². The van der Waals surface area contributed by atoms with E-state index in [2.05, 4.69) is 10.6 Å². The molecule has 5 heteroatoms. The van der Waals surface area contributed by atoms with Gasteiger partial charge in [-0.3, -0.25) is 4.79 Å². The predicted molar refractivity (Wildman–Crippen MR) is 116 cm³/mol. The summed E-state index contributed by atoms with van der Waals surface area (Å²) in [4.78, 5) is 12.1. The van der Waals surface area contributed by atoms with Crippen molar-refractivity contribution in [1.82, 2.24) is 5.32 Å². The topological polar surface area (TPSA) is 59.6 Å². The van der Waals surface area contributed by atoms with Crippen LogP contribution in [-0.4, -0.2) is 26.1 Å². The van der Waals surface area contributed by atoms with Gasteiger partial charge in [0.1, 0.15) is 11.5 Å². The Hall–Kier alpha value is -3.47. The average molecular weight is 390 g/mol. The lowest BCUT2D eigenvalue weighted by molar-refractivity contribution is -0.120. The molecule has 0 atom stereocenters. The molecule has 0 fully saturated rings. The normalized spacial score (nSPS) is 10.2. The van der Waals surface area contributed by atoms with Gasteiger partial charge >= 0.3 is 0 Å². The lowest BCUT2D eigenvalue weighted by atomic mass is 10.1. The molecule has 0 heterocycles. The van der Waals surface area contributed by atoms with Gasteiger partial charge in [0, 0.05) is 19.5 Å². The van der Waals surface area contributed by atoms with Crippen LogP contribution in [0, 0.1) is 0 Å².